The van der Waals surface area contributed by atoms with Gasteiger partial charge in [-0.05, 0) is 87.6 Å². The van der Waals surface area contributed by atoms with Crippen LogP contribution in [0.4, 0.5) is 0 Å². The van der Waals surface area contributed by atoms with E-state index in [0.717, 1.165) is 84.6 Å². The molecule has 1 saturated heterocycles. The first-order valence-electron chi connectivity index (χ1n) is 13.4. The zero-order valence-corrected chi connectivity index (χ0v) is 21.5. The summed E-state index contributed by atoms with van der Waals surface area (Å²) < 4.78 is 7.71. The number of hydrogen-bond donors (Lipinski definition) is 0. The first-order chi connectivity index (χ1) is 17.5. The number of aryl methyl sites for hydroxylation is 2. The summed E-state index contributed by atoms with van der Waals surface area (Å²) in [6.07, 6.45) is 7.90. The summed E-state index contributed by atoms with van der Waals surface area (Å²) in [5.41, 5.74) is 4.68. The minimum absolute atomic E-state index is 0.126. The molecule has 2 heterocycles. The minimum Gasteiger partial charge on any atom is -0.381 e. The molecule has 1 aliphatic carbocycles. The summed E-state index contributed by atoms with van der Waals surface area (Å²) in [6.45, 7) is 7.96. The molecule has 0 spiro atoms. The molecule has 2 fully saturated rings. The molecule has 6 heteroatoms. The smallest absolute Gasteiger partial charge is 0.253 e. The molecular weight excluding hydrogens is 450 g/mol. The van der Waals surface area contributed by atoms with Gasteiger partial charge in [0, 0.05) is 62.0 Å². The highest BCUT2D eigenvalue weighted by Gasteiger charge is 2.24. The standard InChI is InChI=1S/C30H37N3O3/c1-21-5-9-25(10-6-21)30(35)32-15-13-23(14-16-32)18-33-19-27-22(2)26(11-12-28(27)31-33)29(34)4-3-17-36-20-24-7-8-24/h5-6,9-12,19,23-24H,3-4,7-8,13-18,20H2,1-2H3. The van der Waals surface area contributed by atoms with Gasteiger partial charge in [0.15, 0.2) is 5.78 Å². The Labute approximate surface area is 213 Å². The van der Waals surface area contributed by atoms with Crippen LogP contribution in [-0.2, 0) is 11.3 Å². The van der Waals surface area contributed by atoms with Crippen LogP contribution >= 0.6 is 0 Å². The number of hydrogen-bond acceptors (Lipinski definition) is 4. The second kappa shape index (κ2) is 11.0. The summed E-state index contributed by atoms with van der Waals surface area (Å²) in [6, 6.07) is 11.7. The summed E-state index contributed by atoms with van der Waals surface area (Å²) >= 11 is 0. The van der Waals surface area contributed by atoms with Crippen molar-refractivity contribution in [2.45, 2.75) is 58.9 Å². The highest BCUT2D eigenvalue weighted by atomic mass is 16.5. The highest BCUT2D eigenvalue weighted by Crippen LogP contribution is 2.29. The SMILES string of the molecule is Cc1ccc(C(=O)N2CCC(Cn3cc4c(C)c(C(=O)CCCOCC5CC5)ccc4n3)CC2)cc1. The van der Waals surface area contributed by atoms with Gasteiger partial charge >= 0.3 is 0 Å². The molecule has 1 amide bonds. The van der Waals surface area contributed by atoms with Crippen molar-refractivity contribution >= 4 is 22.6 Å². The number of Topliss-reactive ketones (excluding diaryl/α,β-unsaturated/α-hetero) is 1. The molecule has 2 aliphatic rings. The largest absolute Gasteiger partial charge is 0.381 e. The third kappa shape index (κ3) is 5.86. The van der Waals surface area contributed by atoms with Crippen molar-refractivity contribution in [2.75, 3.05) is 26.3 Å². The van der Waals surface area contributed by atoms with Crippen molar-refractivity contribution in [3.63, 3.8) is 0 Å². The van der Waals surface area contributed by atoms with Crippen molar-refractivity contribution in [1.82, 2.24) is 14.7 Å². The van der Waals surface area contributed by atoms with E-state index in [-0.39, 0.29) is 11.7 Å². The first-order valence-corrected chi connectivity index (χ1v) is 13.4. The maximum absolute atomic E-state index is 12.8. The van der Waals surface area contributed by atoms with E-state index in [9.17, 15) is 9.59 Å². The van der Waals surface area contributed by atoms with Crippen LogP contribution < -0.4 is 0 Å². The average Bonchev–Trinajstić information content (AvgIpc) is 3.62. The number of carbonyl (C=O) groups excluding carboxylic acids is 2. The molecule has 1 aromatic heterocycles. The lowest BCUT2D eigenvalue weighted by Crippen LogP contribution is -2.39. The Balaban J connectivity index is 1.14. The fourth-order valence-electron chi connectivity index (χ4n) is 5.14. The Bertz CT molecular complexity index is 1220. The molecule has 3 aromatic rings. The fraction of sp³-hybridized carbons (Fsp3) is 0.500. The van der Waals surface area contributed by atoms with Gasteiger partial charge in [-0.3, -0.25) is 14.3 Å². The van der Waals surface area contributed by atoms with Gasteiger partial charge in [0.05, 0.1) is 5.52 Å². The number of nitrogens with zero attached hydrogens (tertiary/aromatic N) is 3. The number of likely N-dealkylation sites (tertiary alicyclic amines) is 1. The predicted octanol–water partition coefficient (Wildman–Crippen LogP) is 5.60. The molecule has 6 nitrogen and oxygen atoms in total. The van der Waals surface area contributed by atoms with Gasteiger partial charge in [-0.25, -0.2) is 0 Å². The lowest BCUT2D eigenvalue weighted by molar-refractivity contribution is 0.0681. The van der Waals surface area contributed by atoms with Crippen LogP contribution in [0, 0.1) is 25.7 Å². The molecule has 1 saturated carbocycles. The topological polar surface area (TPSA) is 64.4 Å². The summed E-state index contributed by atoms with van der Waals surface area (Å²) in [4.78, 5) is 27.6. The minimum atomic E-state index is 0.126. The molecule has 0 N–H and O–H groups in total. The average molecular weight is 488 g/mol. The molecule has 5 rings (SSSR count). The van der Waals surface area contributed by atoms with Gasteiger partial charge in [-0.2, -0.15) is 5.10 Å². The highest BCUT2D eigenvalue weighted by molar-refractivity contribution is 6.01. The maximum atomic E-state index is 12.8. The van der Waals surface area contributed by atoms with Gasteiger partial charge in [-0.15, -0.1) is 0 Å². The van der Waals surface area contributed by atoms with Crippen LogP contribution in [0.5, 0.6) is 0 Å². The number of benzene rings is 2. The second-order valence-corrected chi connectivity index (χ2v) is 10.7. The Morgan fingerprint density at radius 1 is 0.972 bits per heavy atom. The Morgan fingerprint density at radius 2 is 1.72 bits per heavy atom. The molecule has 1 aliphatic heterocycles. The van der Waals surface area contributed by atoms with Crippen molar-refractivity contribution in [3.8, 4) is 0 Å². The van der Waals surface area contributed by atoms with E-state index < -0.39 is 0 Å². The van der Waals surface area contributed by atoms with Gasteiger partial charge in [0.25, 0.3) is 5.91 Å². The Kier molecular flexibility index (Phi) is 7.51. The number of piperidine rings is 1. The van der Waals surface area contributed by atoms with Crippen molar-refractivity contribution in [3.05, 3.63) is 64.8 Å². The number of ether oxygens (including phenoxy) is 1. The number of aromatic nitrogens is 2. The maximum Gasteiger partial charge on any atom is 0.253 e. The van der Waals surface area contributed by atoms with E-state index in [1.54, 1.807) is 0 Å². The third-order valence-corrected chi connectivity index (χ3v) is 7.70. The van der Waals surface area contributed by atoms with Gasteiger partial charge in [0.1, 0.15) is 0 Å². The summed E-state index contributed by atoms with van der Waals surface area (Å²) in [7, 11) is 0. The Hall–Kier alpha value is -2.99. The van der Waals surface area contributed by atoms with E-state index in [4.69, 9.17) is 9.84 Å². The van der Waals surface area contributed by atoms with Gasteiger partial charge in [0.2, 0.25) is 0 Å². The zero-order valence-electron chi connectivity index (χ0n) is 21.5. The monoisotopic (exact) mass is 487 g/mol. The van der Waals surface area contributed by atoms with Gasteiger partial charge < -0.3 is 9.64 Å². The van der Waals surface area contributed by atoms with E-state index in [0.29, 0.717) is 18.9 Å². The number of fused-ring (bicyclic) bond motifs is 1. The predicted molar refractivity (Wildman–Crippen MR) is 141 cm³/mol. The molecule has 0 bridgehead atoms. The zero-order chi connectivity index (χ0) is 25.1. The van der Waals surface area contributed by atoms with Crippen LogP contribution in [-0.4, -0.2) is 52.7 Å². The second-order valence-electron chi connectivity index (χ2n) is 10.7. The van der Waals surface area contributed by atoms with Crippen LogP contribution in [0.3, 0.4) is 0 Å². The molecular formula is C30H37N3O3. The molecule has 36 heavy (non-hydrogen) atoms. The number of ketones is 1. The number of amides is 1. The molecule has 190 valence electrons. The first kappa shape index (κ1) is 24.7. The summed E-state index contributed by atoms with van der Waals surface area (Å²) in [5.74, 6) is 1.55. The van der Waals surface area contributed by atoms with Crippen molar-refractivity contribution in [2.24, 2.45) is 11.8 Å². The Morgan fingerprint density at radius 3 is 2.44 bits per heavy atom. The number of rotatable bonds is 10. The summed E-state index contributed by atoms with van der Waals surface area (Å²) in [5, 5.41) is 5.85. The van der Waals surface area contributed by atoms with Crippen LogP contribution in [0.2, 0.25) is 0 Å². The van der Waals surface area contributed by atoms with Crippen molar-refractivity contribution in [1.29, 1.82) is 0 Å². The van der Waals surface area contributed by atoms with E-state index >= 15 is 0 Å². The quantitative estimate of drug-likeness (QED) is 0.276. The molecule has 0 atom stereocenters. The molecule has 0 radical (unpaired) electrons. The van der Waals surface area contributed by atoms with Crippen LogP contribution in [0.15, 0.2) is 42.6 Å². The lowest BCUT2D eigenvalue weighted by atomic mass is 9.96. The normalized spacial score (nSPS) is 16.6. The number of carbonyl (C=O) groups is 2. The van der Waals surface area contributed by atoms with E-state index in [1.807, 2.05) is 59.8 Å². The van der Waals surface area contributed by atoms with E-state index in [1.165, 1.54) is 12.8 Å². The molecule has 2 aromatic carbocycles. The van der Waals surface area contributed by atoms with Gasteiger partial charge in [-0.1, -0.05) is 17.7 Å². The van der Waals surface area contributed by atoms with Crippen LogP contribution in [0.1, 0.15) is 70.4 Å². The molecule has 0 unspecified atom stereocenters. The van der Waals surface area contributed by atoms with Crippen LogP contribution in [0.25, 0.3) is 10.9 Å². The van der Waals surface area contributed by atoms with Crippen molar-refractivity contribution < 1.29 is 14.3 Å². The van der Waals surface area contributed by atoms with E-state index in [2.05, 4.69) is 6.20 Å². The lowest BCUT2D eigenvalue weighted by Gasteiger charge is -2.32. The third-order valence-electron chi connectivity index (χ3n) is 7.70. The fourth-order valence-corrected chi connectivity index (χ4v) is 5.14.